The van der Waals surface area contributed by atoms with Crippen molar-refractivity contribution in [3.05, 3.63) is 11.2 Å². The van der Waals surface area contributed by atoms with Gasteiger partial charge < -0.3 is 19.7 Å². The third kappa shape index (κ3) is 5.13. The van der Waals surface area contributed by atoms with Gasteiger partial charge in [-0.15, -0.1) is 0 Å². The SMILES string of the molecule is COc1nc(N[C@H]2CCCN(C(=O)OC(C)(C)C)C2)ncc1Cl. The van der Waals surface area contributed by atoms with Crippen LogP contribution in [0.3, 0.4) is 0 Å². The summed E-state index contributed by atoms with van der Waals surface area (Å²) in [6, 6.07) is 0.0575. The first-order valence-electron chi connectivity index (χ1n) is 7.59. The lowest BCUT2D eigenvalue weighted by Gasteiger charge is -2.34. The van der Waals surface area contributed by atoms with Crippen LogP contribution in [0, 0.1) is 0 Å². The van der Waals surface area contributed by atoms with Crippen molar-refractivity contribution in [1.29, 1.82) is 0 Å². The van der Waals surface area contributed by atoms with Gasteiger partial charge in [0.2, 0.25) is 11.8 Å². The fraction of sp³-hybridized carbons (Fsp3) is 0.667. The average molecular weight is 343 g/mol. The Kier molecular flexibility index (Phi) is 5.51. The Bertz CT molecular complexity index is 562. The first-order chi connectivity index (χ1) is 10.8. The molecule has 1 aromatic heterocycles. The lowest BCUT2D eigenvalue weighted by Crippen LogP contribution is -2.47. The van der Waals surface area contributed by atoms with E-state index in [1.165, 1.54) is 13.3 Å². The maximum atomic E-state index is 12.2. The molecule has 1 fully saturated rings. The van der Waals surface area contributed by atoms with Crippen molar-refractivity contribution in [2.45, 2.75) is 45.3 Å². The first kappa shape index (κ1) is 17.6. The number of anilines is 1. The highest BCUT2D eigenvalue weighted by atomic mass is 35.5. The van der Waals surface area contributed by atoms with Crippen LogP contribution in [0.5, 0.6) is 5.88 Å². The number of nitrogens with zero attached hydrogens (tertiary/aromatic N) is 3. The van der Waals surface area contributed by atoms with Gasteiger partial charge in [0, 0.05) is 19.1 Å². The number of nitrogens with one attached hydrogen (secondary N) is 1. The molecule has 1 aliphatic heterocycles. The highest BCUT2D eigenvalue weighted by molar-refractivity contribution is 6.31. The molecule has 128 valence electrons. The summed E-state index contributed by atoms with van der Waals surface area (Å²) in [7, 11) is 1.50. The van der Waals surface area contributed by atoms with E-state index in [0.717, 1.165) is 12.8 Å². The Morgan fingerprint density at radius 1 is 1.48 bits per heavy atom. The highest BCUT2D eigenvalue weighted by Gasteiger charge is 2.28. The number of rotatable bonds is 3. The van der Waals surface area contributed by atoms with Crippen molar-refractivity contribution in [3.8, 4) is 5.88 Å². The van der Waals surface area contributed by atoms with Gasteiger partial charge in [-0.05, 0) is 33.6 Å². The van der Waals surface area contributed by atoms with Crippen LogP contribution in [0.2, 0.25) is 5.02 Å². The number of amides is 1. The van der Waals surface area contributed by atoms with Gasteiger partial charge in [-0.25, -0.2) is 9.78 Å². The second-order valence-corrected chi connectivity index (χ2v) is 6.87. The lowest BCUT2D eigenvalue weighted by molar-refractivity contribution is 0.0206. The number of carbonyl (C=O) groups is 1. The van der Waals surface area contributed by atoms with Crippen LogP contribution in [0.4, 0.5) is 10.7 Å². The van der Waals surface area contributed by atoms with Crippen molar-refractivity contribution in [3.63, 3.8) is 0 Å². The molecule has 1 amide bonds. The minimum atomic E-state index is -0.496. The second-order valence-electron chi connectivity index (χ2n) is 6.46. The minimum Gasteiger partial charge on any atom is -0.480 e. The molecule has 0 spiro atoms. The predicted molar refractivity (Wildman–Crippen MR) is 88.0 cm³/mol. The van der Waals surface area contributed by atoms with Crippen LogP contribution in [-0.2, 0) is 4.74 Å². The summed E-state index contributed by atoms with van der Waals surface area (Å²) in [6.07, 6.45) is 3.01. The van der Waals surface area contributed by atoms with E-state index in [2.05, 4.69) is 15.3 Å². The molecule has 7 nitrogen and oxygen atoms in total. The van der Waals surface area contributed by atoms with Gasteiger partial charge in [0.15, 0.2) is 0 Å². The summed E-state index contributed by atoms with van der Waals surface area (Å²) in [4.78, 5) is 22.2. The first-order valence-corrected chi connectivity index (χ1v) is 7.97. The van der Waals surface area contributed by atoms with E-state index in [-0.39, 0.29) is 12.1 Å². The van der Waals surface area contributed by atoms with E-state index in [1.54, 1.807) is 4.90 Å². The lowest BCUT2D eigenvalue weighted by atomic mass is 10.1. The van der Waals surface area contributed by atoms with Gasteiger partial charge in [-0.2, -0.15) is 4.98 Å². The summed E-state index contributed by atoms with van der Waals surface area (Å²) < 4.78 is 10.5. The van der Waals surface area contributed by atoms with E-state index in [1.807, 2.05) is 20.8 Å². The molecular weight excluding hydrogens is 320 g/mol. The van der Waals surface area contributed by atoms with Crippen LogP contribution in [0.15, 0.2) is 6.20 Å². The Morgan fingerprint density at radius 2 is 2.22 bits per heavy atom. The molecule has 0 saturated carbocycles. The van der Waals surface area contributed by atoms with E-state index >= 15 is 0 Å². The van der Waals surface area contributed by atoms with Crippen molar-refractivity contribution < 1.29 is 14.3 Å². The third-order valence-electron chi connectivity index (χ3n) is 3.31. The summed E-state index contributed by atoms with van der Waals surface area (Å²) in [5, 5.41) is 3.58. The molecule has 1 aromatic rings. The Hall–Kier alpha value is -1.76. The van der Waals surface area contributed by atoms with Crippen LogP contribution in [0.25, 0.3) is 0 Å². The van der Waals surface area contributed by atoms with Gasteiger partial charge in [0.25, 0.3) is 0 Å². The topological polar surface area (TPSA) is 76.6 Å². The molecule has 0 bridgehead atoms. The monoisotopic (exact) mass is 342 g/mol. The number of methoxy groups -OCH3 is 1. The number of halogens is 1. The summed E-state index contributed by atoms with van der Waals surface area (Å²) in [5.74, 6) is 0.756. The van der Waals surface area contributed by atoms with E-state index in [9.17, 15) is 4.79 Å². The molecule has 0 aromatic carbocycles. The molecule has 0 aliphatic carbocycles. The molecule has 8 heteroatoms. The van der Waals surface area contributed by atoms with Crippen LogP contribution in [-0.4, -0.2) is 52.8 Å². The highest BCUT2D eigenvalue weighted by Crippen LogP contribution is 2.23. The predicted octanol–water partition coefficient (Wildman–Crippen LogP) is 2.95. The molecule has 1 saturated heterocycles. The molecule has 0 radical (unpaired) electrons. The zero-order chi connectivity index (χ0) is 17.0. The van der Waals surface area contributed by atoms with Gasteiger partial charge in [0.1, 0.15) is 10.6 Å². The van der Waals surface area contributed by atoms with Gasteiger partial charge >= 0.3 is 6.09 Å². The maximum Gasteiger partial charge on any atom is 0.410 e. The second kappa shape index (κ2) is 7.21. The molecule has 1 N–H and O–H groups in total. The van der Waals surface area contributed by atoms with E-state index in [4.69, 9.17) is 21.1 Å². The van der Waals surface area contributed by atoms with Crippen molar-refractivity contribution in [2.24, 2.45) is 0 Å². The number of piperidine rings is 1. The zero-order valence-electron chi connectivity index (χ0n) is 13.9. The number of hydrogen-bond donors (Lipinski definition) is 1. The zero-order valence-corrected chi connectivity index (χ0v) is 14.7. The number of aromatic nitrogens is 2. The Balaban J connectivity index is 1.97. The largest absolute Gasteiger partial charge is 0.480 e. The molecule has 1 aliphatic rings. The number of ether oxygens (including phenoxy) is 2. The van der Waals surface area contributed by atoms with Crippen molar-refractivity contribution in [2.75, 3.05) is 25.5 Å². The maximum absolute atomic E-state index is 12.2. The number of likely N-dealkylation sites (tertiary alicyclic amines) is 1. The normalized spacial score (nSPS) is 18.5. The van der Waals surface area contributed by atoms with Crippen LogP contribution < -0.4 is 10.1 Å². The smallest absolute Gasteiger partial charge is 0.410 e. The van der Waals surface area contributed by atoms with Gasteiger partial charge in [-0.3, -0.25) is 0 Å². The molecule has 2 heterocycles. The third-order valence-corrected chi connectivity index (χ3v) is 3.57. The molecule has 23 heavy (non-hydrogen) atoms. The molecule has 0 unspecified atom stereocenters. The minimum absolute atomic E-state index is 0.0575. The molecular formula is C15H23ClN4O3. The summed E-state index contributed by atoms with van der Waals surface area (Å²) >= 11 is 5.92. The quantitative estimate of drug-likeness (QED) is 0.910. The summed E-state index contributed by atoms with van der Waals surface area (Å²) in [6.45, 7) is 6.82. The molecule has 1 atom stereocenters. The van der Waals surface area contributed by atoms with Crippen LogP contribution >= 0.6 is 11.6 Å². The van der Waals surface area contributed by atoms with Crippen molar-refractivity contribution in [1.82, 2.24) is 14.9 Å². The Morgan fingerprint density at radius 3 is 2.87 bits per heavy atom. The van der Waals surface area contributed by atoms with E-state index < -0.39 is 5.60 Å². The Labute approximate surface area is 141 Å². The van der Waals surface area contributed by atoms with Gasteiger partial charge in [0.05, 0.1) is 13.3 Å². The summed E-state index contributed by atoms with van der Waals surface area (Å²) in [5.41, 5.74) is -0.496. The fourth-order valence-electron chi connectivity index (χ4n) is 2.33. The molecule has 2 rings (SSSR count). The number of hydrogen-bond acceptors (Lipinski definition) is 6. The average Bonchev–Trinajstić information content (AvgIpc) is 2.48. The van der Waals surface area contributed by atoms with Crippen LogP contribution in [0.1, 0.15) is 33.6 Å². The standard InChI is InChI=1S/C15H23ClN4O3/c1-15(2,3)23-14(21)20-7-5-6-10(9-20)18-13-17-8-11(16)12(19-13)22-4/h8,10H,5-7,9H2,1-4H3,(H,17,18,19)/t10-/m0/s1. The fourth-order valence-corrected chi connectivity index (χ4v) is 2.50. The number of carbonyl (C=O) groups excluding carboxylic acids is 1. The van der Waals surface area contributed by atoms with Gasteiger partial charge in [-0.1, -0.05) is 11.6 Å². The van der Waals surface area contributed by atoms with E-state index in [0.29, 0.717) is 29.9 Å². The van der Waals surface area contributed by atoms with Crippen molar-refractivity contribution >= 4 is 23.6 Å².